The number of aryl methyl sites for hydroxylation is 1. The SMILES string of the molecule is CCc1cc(C2NNC(C(F)(F)F)C2c2cnn(-c3ccccc3)c2)c(O)cc1O. The van der Waals surface area contributed by atoms with Gasteiger partial charge in [0.1, 0.15) is 17.5 Å². The summed E-state index contributed by atoms with van der Waals surface area (Å²) in [4.78, 5) is 0. The molecule has 0 saturated carbocycles. The molecule has 1 aliphatic heterocycles. The minimum atomic E-state index is -4.53. The number of hydrazine groups is 1. The molecule has 6 nitrogen and oxygen atoms in total. The first-order valence-corrected chi connectivity index (χ1v) is 9.52. The highest BCUT2D eigenvalue weighted by Crippen LogP contribution is 2.46. The Labute approximate surface area is 170 Å². The van der Waals surface area contributed by atoms with E-state index < -0.39 is 24.2 Å². The molecule has 1 aliphatic rings. The number of para-hydroxylation sites is 1. The topological polar surface area (TPSA) is 82.3 Å². The van der Waals surface area contributed by atoms with Gasteiger partial charge in [0, 0.05) is 23.7 Å². The van der Waals surface area contributed by atoms with Gasteiger partial charge in [0.05, 0.1) is 17.9 Å². The molecule has 30 heavy (non-hydrogen) atoms. The first kappa shape index (κ1) is 20.2. The van der Waals surface area contributed by atoms with Crippen LogP contribution in [0, 0.1) is 0 Å². The van der Waals surface area contributed by atoms with Crippen molar-refractivity contribution in [2.75, 3.05) is 0 Å². The zero-order chi connectivity index (χ0) is 21.5. The van der Waals surface area contributed by atoms with E-state index >= 15 is 0 Å². The maximum Gasteiger partial charge on any atom is 0.405 e. The van der Waals surface area contributed by atoms with Crippen molar-refractivity contribution in [3.63, 3.8) is 0 Å². The lowest BCUT2D eigenvalue weighted by Crippen LogP contribution is -2.43. The minimum absolute atomic E-state index is 0.0921. The van der Waals surface area contributed by atoms with Crippen molar-refractivity contribution in [2.45, 2.75) is 37.5 Å². The van der Waals surface area contributed by atoms with Crippen LogP contribution in [-0.4, -0.2) is 32.2 Å². The zero-order valence-electron chi connectivity index (χ0n) is 16.1. The summed E-state index contributed by atoms with van der Waals surface area (Å²) in [5, 5.41) is 24.6. The molecule has 1 saturated heterocycles. The molecule has 3 atom stereocenters. The summed E-state index contributed by atoms with van der Waals surface area (Å²) < 4.78 is 42.9. The van der Waals surface area contributed by atoms with Crippen LogP contribution in [0.15, 0.2) is 54.9 Å². The Balaban J connectivity index is 1.78. The van der Waals surface area contributed by atoms with Crippen LogP contribution in [0.3, 0.4) is 0 Å². The van der Waals surface area contributed by atoms with Gasteiger partial charge >= 0.3 is 6.18 Å². The summed E-state index contributed by atoms with van der Waals surface area (Å²) >= 11 is 0. The third-order valence-corrected chi connectivity index (χ3v) is 5.42. The van der Waals surface area contributed by atoms with E-state index in [2.05, 4.69) is 16.0 Å². The first-order valence-electron chi connectivity index (χ1n) is 9.52. The van der Waals surface area contributed by atoms with Crippen molar-refractivity contribution >= 4 is 0 Å². The van der Waals surface area contributed by atoms with Crippen molar-refractivity contribution in [3.05, 3.63) is 71.5 Å². The number of aromatic nitrogens is 2. The lowest BCUT2D eigenvalue weighted by Gasteiger charge is -2.25. The summed E-state index contributed by atoms with van der Waals surface area (Å²) in [5.41, 5.74) is 6.94. The molecule has 1 fully saturated rings. The number of hydrogen-bond acceptors (Lipinski definition) is 5. The summed E-state index contributed by atoms with van der Waals surface area (Å²) in [7, 11) is 0. The summed E-state index contributed by atoms with van der Waals surface area (Å²) in [5.74, 6) is -1.44. The number of halogens is 3. The lowest BCUT2D eigenvalue weighted by atomic mass is 9.84. The molecule has 2 heterocycles. The number of phenols is 2. The van der Waals surface area contributed by atoms with Crippen LogP contribution >= 0.6 is 0 Å². The van der Waals surface area contributed by atoms with Crippen LogP contribution in [0.2, 0.25) is 0 Å². The Bertz CT molecular complexity index is 1040. The highest BCUT2D eigenvalue weighted by atomic mass is 19.4. The smallest absolute Gasteiger partial charge is 0.405 e. The number of hydrogen-bond donors (Lipinski definition) is 4. The highest BCUT2D eigenvalue weighted by Gasteiger charge is 2.53. The van der Waals surface area contributed by atoms with Gasteiger partial charge in [-0.25, -0.2) is 15.5 Å². The van der Waals surface area contributed by atoms with Crippen LogP contribution in [0.1, 0.15) is 35.6 Å². The molecule has 0 spiro atoms. The second-order valence-electron chi connectivity index (χ2n) is 7.26. The molecule has 0 radical (unpaired) electrons. The maximum absolute atomic E-state index is 13.8. The second kappa shape index (κ2) is 7.66. The first-order chi connectivity index (χ1) is 14.3. The van der Waals surface area contributed by atoms with Gasteiger partial charge in [-0.2, -0.15) is 18.3 Å². The number of nitrogens with zero attached hydrogens (tertiary/aromatic N) is 2. The van der Waals surface area contributed by atoms with Gasteiger partial charge in [-0.05, 0) is 35.7 Å². The monoisotopic (exact) mass is 418 g/mol. The van der Waals surface area contributed by atoms with E-state index in [1.54, 1.807) is 18.3 Å². The third kappa shape index (κ3) is 3.61. The molecule has 3 unspecified atom stereocenters. The van der Waals surface area contributed by atoms with Crippen LogP contribution in [-0.2, 0) is 6.42 Å². The van der Waals surface area contributed by atoms with Crippen molar-refractivity contribution < 1.29 is 23.4 Å². The number of alkyl halides is 3. The summed E-state index contributed by atoms with van der Waals surface area (Å²) in [6, 6.07) is 9.03. The van der Waals surface area contributed by atoms with Gasteiger partial charge in [0.25, 0.3) is 0 Å². The number of benzene rings is 2. The molecule has 0 aliphatic carbocycles. The second-order valence-corrected chi connectivity index (χ2v) is 7.26. The van der Waals surface area contributed by atoms with Crippen molar-refractivity contribution in [1.29, 1.82) is 0 Å². The maximum atomic E-state index is 13.8. The third-order valence-electron chi connectivity index (χ3n) is 5.42. The van der Waals surface area contributed by atoms with E-state index in [-0.39, 0.29) is 17.1 Å². The molecule has 0 amide bonds. The minimum Gasteiger partial charge on any atom is -0.508 e. The largest absolute Gasteiger partial charge is 0.508 e. The Morgan fingerprint density at radius 3 is 2.47 bits per heavy atom. The van der Waals surface area contributed by atoms with Crippen LogP contribution in [0.4, 0.5) is 13.2 Å². The Morgan fingerprint density at radius 1 is 1.07 bits per heavy atom. The molecule has 4 rings (SSSR count). The number of phenolic OH excluding ortho intramolecular Hbond substituents is 2. The standard InChI is InChI=1S/C21H21F3N4O2/c1-2-12-8-15(17(30)9-16(12)29)19-18(20(27-26-19)21(22,23)24)13-10-25-28(11-13)14-6-4-3-5-7-14/h3-11,18-20,26-27,29-30H,2H2,1H3. The molecule has 9 heteroatoms. The van der Waals surface area contributed by atoms with E-state index in [9.17, 15) is 23.4 Å². The van der Waals surface area contributed by atoms with E-state index in [0.29, 0.717) is 17.5 Å². The van der Waals surface area contributed by atoms with Gasteiger partial charge in [-0.3, -0.25) is 0 Å². The van der Waals surface area contributed by atoms with Gasteiger partial charge in [0.2, 0.25) is 0 Å². The Kier molecular flexibility index (Phi) is 5.17. The normalized spacial score (nSPS) is 21.8. The average molecular weight is 418 g/mol. The molecule has 0 bridgehead atoms. The van der Waals surface area contributed by atoms with E-state index in [1.807, 2.05) is 25.1 Å². The van der Waals surface area contributed by atoms with E-state index in [0.717, 1.165) is 5.69 Å². The Hall–Kier alpha value is -3.04. The molecular formula is C21H21F3N4O2. The molecule has 1 aromatic heterocycles. The molecule has 4 N–H and O–H groups in total. The Morgan fingerprint density at radius 2 is 1.80 bits per heavy atom. The lowest BCUT2D eigenvalue weighted by molar-refractivity contribution is -0.156. The van der Waals surface area contributed by atoms with Gasteiger partial charge in [-0.15, -0.1) is 0 Å². The highest BCUT2D eigenvalue weighted by molar-refractivity contribution is 5.48. The fourth-order valence-electron chi connectivity index (χ4n) is 3.90. The van der Waals surface area contributed by atoms with E-state index in [4.69, 9.17) is 0 Å². The van der Waals surface area contributed by atoms with Gasteiger partial charge < -0.3 is 10.2 Å². The molecule has 3 aromatic rings. The molecular weight excluding hydrogens is 397 g/mol. The zero-order valence-corrected chi connectivity index (χ0v) is 16.1. The fraction of sp³-hybridized carbons (Fsp3) is 0.286. The van der Waals surface area contributed by atoms with Crippen LogP contribution < -0.4 is 10.9 Å². The molecule has 2 aromatic carbocycles. The van der Waals surface area contributed by atoms with Gasteiger partial charge in [0.15, 0.2) is 0 Å². The fourth-order valence-corrected chi connectivity index (χ4v) is 3.90. The number of aromatic hydroxyl groups is 2. The predicted octanol–water partition coefficient (Wildman–Crippen LogP) is 3.71. The number of nitrogens with one attached hydrogen (secondary N) is 2. The average Bonchev–Trinajstić information content (AvgIpc) is 3.35. The van der Waals surface area contributed by atoms with Crippen LogP contribution in [0.5, 0.6) is 11.5 Å². The summed E-state index contributed by atoms with van der Waals surface area (Å²) in [6.07, 6.45) is -1.07. The van der Waals surface area contributed by atoms with Crippen molar-refractivity contribution in [1.82, 2.24) is 20.6 Å². The molecule has 158 valence electrons. The number of rotatable bonds is 4. The van der Waals surface area contributed by atoms with Crippen molar-refractivity contribution in [2.24, 2.45) is 0 Å². The van der Waals surface area contributed by atoms with Crippen molar-refractivity contribution in [3.8, 4) is 17.2 Å². The van der Waals surface area contributed by atoms with Gasteiger partial charge in [-0.1, -0.05) is 25.1 Å². The van der Waals surface area contributed by atoms with E-state index in [1.165, 1.54) is 23.0 Å². The summed E-state index contributed by atoms with van der Waals surface area (Å²) in [6.45, 7) is 1.82. The van der Waals surface area contributed by atoms with Crippen LogP contribution in [0.25, 0.3) is 5.69 Å². The predicted molar refractivity (Wildman–Crippen MR) is 104 cm³/mol. The quantitative estimate of drug-likeness (QED) is 0.519.